The van der Waals surface area contributed by atoms with Gasteiger partial charge in [-0.15, -0.1) is 0 Å². The largest absolute Gasteiger partial charge is 0.354 e. The van der Waals surface area contributed by atoms with Crippen LogP contribution in [0.2, 0.25) is 0 Å². The normalized spacial score (nSPS) is 12.3. The van der Waals surface area contributed by atoms with E-state index in [1.165, 1.54) is 19.0 Å². The van der Waals surface area contributed by atoms with E-state index in [0.717, 1.165) is 32.6 Å². The maximum absolute atomic E-state index is 13.7. The summed E-state index contributed by atoms with van der Waals surface area (Å²) >= 11 is 0. The summed E-state index contributed by atoms with van der Waals surface area (Å²) in [4.78, 5) is 28.3. The fourth-order valence-corrected chi connectivity index (χ4v) is 4.68. The average Bonchev–Trinajstić information content (AvgIpc) is 2.84. The predicted molar refractivity (Wildman–Crippen MR) is 140 cm³/mol. The second-order valence-electron chi connectivity index (χ2n) is 8.71. The minimum atomic E-state index is -3.95. The zero-order valence-electron chi connectivity index (χ0n) is 21.4. The molecule has 9 heteroatoms. The summed E-state index contributed by atoms with van der Waals surface area (Å²) in [6, 6.07) is 15.5. The summed E-state index contributed by atoms with van der Waals surface area (Å²) in [5.74, 6) is -0.680. The molecule has 35 heavy (non-hydrogen) atoms. The van der Waals surface area contributed by atoms with E-state index in [1.54, 1.807) is 30.3 Å². The molecule has 2 aromatic carbocycles. The maximum atomic E-state index is 13.7. The van der Waals surface area contributed by atoms with Crippen LogP contribution in [0.1, 0.15) is 44.2 Å². The van der Waals surface area contributed by atoms with Gasteiger partial charge in [0, 0.05) is 27.2 Å². The topological polar surface area (TPSA) is 90.0 Å². The van der Waals surface area contributed by atoms with Crippen molar-refractivity contribution >= 4 is 27.7 Å². The van der Waals surface area contributed by atoms with Crippen molar-refractivity contribution in [2.24, 2.45) is 0 Å². The van der Waals surface area contributed by atoms with E-state index < -0.39 is 28.7 Å². The molecule has 2 amide bonds. The third kappa shape index (κ3) is 7.80. The van der Waals surface area contributed by atoms with Gasteiger partial charge in [-0.2, -0.15) is 12.7 Å². The summed E-state index contributed by atoms with van der Waals surface area (Å²) in [7, 11) is -1.10. The highest BCUT2D eigenvalue weighted by atomic mass is 32.2. The highest BCUT2D eigenvalue weighted by Gasteiger charge is 2.33. The first-order chi connectivity index (χ1) is 16.6. The van der Waals surface area contributed by atoms with E-state index in [4.69, 9.17) is 0 Å². The van der Waals surface area contributed by atoms with Crippen LogP contribution in [0.25, 0.3) is 0 Å². The first-order valence-corrected chi connectivity index (χ1v) is 13.4. The number of unbranched alkanes of at least 4 members (excludes halogenated alkanes) is 1. The number of aryl methyl sites for hydroxylation is 1. The van der Waals surface area contributed by atoms with Gasteiger partial charge in [0.1, 0.15) is 12.6 Å². The third-order valence-electron chi connectivity index (χ3n) is 5.75. The van der Waals surface area contributed by atoms with Crippen molar-refractivity contribution in [1.82, 2.24) is 14.5 Å². The van der Waals surface area contributed by atoms with Crippen LogP contribution in [0.3, 0.4) is 0 Å². The lowest BCUT2D eigenvalue weighted by atomic mass is 10.1. The van der Waals surface area contributed by atoms with Crippen LogP contribution in [-0.2, 0) is 26.3 Å². The van der Waals surface area contributed by atoms with Crippen LogP contribution in [0.15, 0.2) is 54.6 Å². The van der Waals surface area contributed by atoms with Crippen molar-refractivity contribution in [2.75, 3.05) is 31.5 Å². The standard InChI is InChI=1S/C26H38N4O4S/c1-6-8-18-27-26(32)24(7-2)29(19-22-16-14-21(3)15-17-22)25(31)20-30(35(33,34)28(4)5)23-12-10-9-11-13-23/h9-17,24H,6-8,18-20H2,1-5H3,(H,27,32)/t24-/m1/s1. The molecule has 0 radical (unpaired) electrons. The van der Waals surface area contributed by atoms with Crippen molar-refractivity contribution in [3.63, 3.8) is 0 Å². The number of nitrogens with one attached hydrogen (secondary N) is 1. The lowest BCUT2D eigenvalue weighted by Gasteiger charge is -2.34. The number of para-hydroxylation sites is 1. The average molecular weight is 503 g/mol. The minimum Gasteiger partial charge on any atom is -0.354 e. The van der Waals surface area contributed by atoms with Crippen LogP contribution < -0.4 is 9.62 Å². The van der Waals surface area contributed by atoms with Crippen LogP contribution >= 0.6 is 0 Å². The fraction of sp³-hybridized carbons (Fsp3) is 0.462. The van der Waals surface area contributed by atoms with Gasteiger partial charge < -0.3 is 10.2 Å². The molecule has 1 atom stereocenters. The lowest BCUT2D eigenvalue weighted by Crippen LogP contribution is -2.53. The van der Waals surface area contributed by atoms with Crippen LogP contribution in [-0.4, -0.2) is 62.7 Å². The zero-order chi connectivity index (χ0) is 26.0. The van der Waals surface area contributed by atoms with Gasteiger partial charge in [-0.05, 0) is 37.5 Å². The summed E-state index contributed by atoms with van der Waals surface area (Å²) in [6.07, 6.45) is 2.19. The number of rotatable bonds is 13. The molecule has 0 aromatic heterocycles. The van der Waals surface area contributed by atoms with E-state index in [9.17, 15) is 18.0 Å². The molecule has 2 rings (SSSR count). The Kier molecular flexibility index (Phi) is 10.7. The van der Waals surface area contributed by atoms with Gasteiger partial charge in [0.15, 0.2) is 0 Å². The molecule has 2 aromatic rings. The second-order valence-corrected chi connectivity index (χ2v) is 10.8. The van der Waals surface area contributed by atoms with Crippen LogP contribution in [0.4, 0.5) is 5.69 Å². The summed E-state index contributed by atoms with van der Waals surface area (Å²) in [5.41, 5.74) is 2.33. The Labute approximate surface area is 210 Å². The van der Waals surface area contributed by atoms with E-state index >= 15 is 0 Å². The van der Waals surface area contributed by atoms with E-state index in [0.29, 0.717) is 18.7 Å². The highest BCUT2D eigenvalue weighted by molar-refractivity contribution is 7.90. The predicted octanol–water partition coefficient (Wildman–Crippen LogP) is 3.33. The second kappa shape index (κ2) is 13.3. The monoisotopic (exact) mass is 502 g/mol. The smallest absolute Gasteiger partial charge is 0.304 e. The molecule has 0 fully saturated rings. The molecule has 0 unspecified atom stereocenters. The maximum Gasteiger partial charge on any atom is 0.304 e. The molecule has 0 spiro atoms. The van der Waals surface area contributed by atoms with Crippen molar-refractivity contribution < 1.29 is 18.0 Å². The molecule has 0 aliphatic carbocycles. The van der Waals surface area contributed by atoms with Gasteiger partial charge >= 0.3 is 10.2 Å². The van der Waals surface area contributed by atoms with E-state index in [1.807, 2.05) is 45.0 Å². The molecular weight excluding hydrogens is 464 g/mol. The van der Waals surface area contributed by atoms with Crippen molar-refractivity contribution in [3.05, 3.63) is 65.7 Å². The molecule has 1 N–H and O–H groups in total. The quantitative estimate of drug-likeness (QED) is 0.426. The Balaban J connectivity index is 2.42. The third-order valence-corrected chi connectivity index (χ3v) is 7.57. The van der Waals surface area contributed by atoms with Gasteiger partial charge in [0.2, 0.25) is 11.8 Å². The van der Waals surface area contributed by atoms with Gasteiger partial charge in [-0.25, -0.2) is 4.31 Å². The van der Waals surface area contributed by atoms with Crippen molar-refractivity contribution in [1.29, 1.82) is 0 Å². The Morgan fingerprint density at radius 3 is 2.14 bits per heavy atom. The molecule has 0 saturated carbocycles. The number of anilines is 1. The zero-order valence-corrected chi connectivity index (χ0v) is 22.2. The molecule has 0 saturated heterocycles. The SMILES string of the molecule is CCCCNC(=O)[C@@H](CC)N(Cc1ccc(C)cc1)C(=O)CN(c1ccccc1)S(=O)(=O)N(C)C. The number of carbonyl (C=O) groups excluding carboxylic acids is 2. The van der Waals surface area contributed by atoms with Crippen molar-refractivity contribution in [3.8, 4) is 0 Å². The number of hydrogen-bond donors (Lipinski definition) is 1. The number of carbonyl (C=O) groups is 2. The van der Waals surface area contributed by atoms with Gasteiger partial charge in [0.05, 0.1) is 5.69 Å². The van der Waals surface area contributed by atoms with E-state index in [-0.39, 0.29) is 12.5 Å². The number of benzene rings is 2. The Hall–Kier alpha value is -2.91. The number of amides is 2. The first-order valence-electron chi connectivity index (χ1n) is 12.0. The lowest BCUT2D eigenvalue weighted by molar-refractivity contribution is -0.140. The summed E-state index contributed by atoms with van der Waals surface area (Å²) in [5, 5.41) is 2.93. The van der Waals surface area contributed by atoms with Crippen LogP contribution in [0.5, 0.6) is 0 Å². The first kappa shape index (κ1) is 28.3. The molecular formula is C26H38N4O4S. The molecule has 0 bridgehead atoms. The van der Waals surface area contributed by atoms with Gasteiger partial charge in [-0.3, -0.25) is 9.59 Å². The van der Waals surface area contributed by atoms with E-state index in [2.05, 4.69) is 5.32 Å². The van der Waals surface area contributed by atoms with Gasteiger partial charge in [-0.1, -0.05) is 68.3 Å². The fourth-order valence-electron chi connectivity index (χ4n) is 3.63. The summed E-state index contributed by atoms with van der Waals surface area (Å²) in [6.45, 7) is 6.18. The minimum absolute atomic E-state index is 0.198. The molecule has 0 heterocycles. The van der Waals surface area contributed by atoms with Gasteiger partial charge in [0.25, 0.3) is 0 Å². The number of hydrogen-bond acceptors (Lipinski definition) is 4. The summed E-state index contributed by atoms with van der Waals surface area (Å²) < 4.78 is 28.4. The molecule has 8 nitrogen and oxygen atoms in total. The molecule has 0 aliphatic rings. The highest BCUT2D eigenvalue weighted by Crippen LogP contribution is 2.21. The molecule has 192 valence electrons. The van der Waals surface area contributed by atoms with Crippen molar-refractivity contribution in [2.45, 2.75) is 52.6 Å². The number of nitrogens with zero attached hydrogens (tertiary/aromatic N) is 3. The van der Waals surface area contributed by atoms with Crippen LogP contribution in [0, 0.1) is 6.92 Å². The Bertz CT molecular complexity index is 1060. The molecule has 0 aliphatic heterocycles. The Morgan fingerprint density at radius 1 is 0.971 bits per heavy atom. The Morgan fingerprint density at radius 2 is 1.60 bits per heavy atom.